The van der Waals surface area contributed by atoms with Crippen LogP contribution >= 0.6 is 11.3 Å². The first-order chi connectivity index (χ1) is 16.0. The molecule has 0 aliphatic carbocycles. The summed E-state index contributed by atoms with van der Waals surface area (Å²) in [6.07, 6.45) is 1.79. The van der Waals surface area contributed by atoms with E-state index in [0.717, 1.165) is 16.6 Å². The molecular formula is C25H20FN3O3S. The summed E-state index contributed by atoms with van der Waals surface area (Å²) in [4.78, 5) is 34.7. The van der Waals surface area contributed by atoms with Crippen LogP contribution in [0.1, 0.15) is 31.1 Å². The Labute approximate surface area is 192 Å². The van der Waals surface area contributed by atoms with Crippen LogP contribution in [0, 0.1) is 5.82 Å². The van der Waals surface area contributed by atoms with Crippen LogP contribution in [-0.2, 0) is 9.53 Å². The van der Waals surface area contributed by atoms with E-state index in [2.05, 4.69) is 9.98 Å². The number of thiazole rings is 1. The number of rotatable bonds is 4. The van der Waals surface area contributed by atoms with Crippen molar-refractivity contribution in [2.45, 2.75) is 19.9 Å². The quantitative estimate of drug-likeness (QED) is 0.473. The van der Waals surface area contributed by atoms with E-state index in [1.54, 1.807) is 32.1 Å². The molecule has 3 heterocycles. The van der Waals surface area contributed by atoms with Crippen LogP contribution in [0.15, 0.2) is 75.7 Å². The molecule has 1 unspecified atom stereocenters. The van der Waals surface area contributed by atoms with Gasteiger partial charge in [0.25, 0.3) is 5.56 Å². The van der Waals surface area contributed by atoms with Crippen LogP contribution in [0.25, 0.3) is 17.0 Å². The molecule has 33 heavy (non-hydrogen) atoms. The van der Waals surface area contributed by atoms with Gasteiger partial charge in [-0.05, 0) is 55.1 Å². The third-order valence-corrected chi connectivity index (χ3v) is 6.52. The molecule has 0 saturated carbocycles. The van der Waals surface area contributed by atoms with Gasteiger partial charge in [0, 0.05) is 11.2 Å². The van der Waals surface area contributed by atoms with E-state index in [9.17, 15) is 14.0 Å². The topological polar surface area (TPSA) is 76.4 Å². The predicted molar refractivity (Wildman–Crippen MR) is 125 cm³/mol. The highest BCUT2D eigenvalue weighted by Crippen LogP contribution is 2.30. The van der Waals surface area contributed by atoms with Crippen molar-refractivity contribution in [1.82, 2.24) is 9.55 Å². The normalized spacial score (nSPS) is 16.1. The monoisotopic (exact) mass is 461 g/mol. The molecule has 0 fully saturated rings. The second-order valence-electron chi connectivity index (χ2n) is 7.67. The molecule has 4 aromatic rings. The number of hydrogen-bond donors (Lipinski definition) is 1. The minimum atomic E-state index is -0.759. The van der Waals surface area contributed by atoms with Crippen molar-refractivity contribution >= 4 is 34.3 Å². The van der Waals surface area contributed by atoms with Gasteiger partial charge in [-0.2, -0.15) is 0 Å². The van der Waals surface area contributed by atoms with E-state index in [1.807, 2.05) is 30.3 Å². The number of H-pyrrole nitrogens is 1. The fourth-order valence-corrected chi connectivity index (χ4v) is 5.10. The van der Waals surface area contributed by atoms with Crippen LogP contribution < -0.4 is 14.9 Å². The lowest BCUT2D eigenvalue weighted by Gasteiger charge is -2.24. The van der Waals surface area contributed by atoms with E-state index in [0.29, 0.717) is 20.6 Å². The number of benzene rings is 2. The number of carbonyl (C=O) groups is 1. The zero-order valence-corrected chi connectivity index (χ0v) is 18.8. The number of nitrogens with zero attached hydrogens (tertiary/aromatic N) is 2. The lowest BCUT2D eigenvalue weighted by atomic mass is 9.96. The molecule has 0 bridgehead atoms. The molecule has 166 valence electrons. The number of allylic oxidation sites excluding steroid dienone is 1. The third-order valence-electron chi connectivity index (χ3n) is 5.54. The van der Waals surface area contributed by atoms with Gasteiger partial charge in [0.2, 0.25) is 0 Å². The first kappa shape index (κ1) is 21.1. The summed E-state index contributed by atoms with van der Waals surface area (Å²) < 4.78 is 20.9. The summed E-state index contributed by atoms with van der Waals surface area (Å²) in [7, 11) is 0. The first-order valence-electron chi connectivity index (χ1n) is 10.5. The van der Waals surface area contributed by atoms with Crippen LogP contribution in [0.5, 0.6) is 0 Å². The maximum absolute atomic E-state index is 13.6. The lowest BCUT2D eigenvalue weighted by Crippen LogP contribution is -2.39. The number of carbonyl (C=O) groups excluding carboxylic acids is 1. The van der Waals surface area contributed by atoms with Gasteiger partial charge in [-0.15, -0.1) is 0 Å². The summed E-state index contributed by atoms with van der Waals surface area (Å²) >= 11 is 1.25. The zero-order valence-electron chi connectivity index (χ0n) is 18.0. The van der Waals surface area contributed by atoms with E-state index >= 15 is 0 Å². The molecule has 0 amide bonds. The summed E-state index contributed by atoms with van der Waals surface area (Å²) in [5.41, 5.74) is 2.84. The van der Waals surface area contributed by atoms with Gasteiger partial charge in [0.15, 0.2) is 4.80 Å². The molecule has 0 saturated heterocycles. The van der Waals surface area contributed by atoms with Crippen molar-refractivity contribution in [1.29, 1.82) is 0 Å². The fraction of sp³-hybridized carbons (Fsp3) is 0.160. The number of ether oxygens (including phenoxy) is 1. The average Bonchev–Trinajstić information content (AvgIpc) is 3.34. The van der Waals surface area contributed by atoms with Crippen LogP contribution in [0.3, 0.4) is 0 Å². The number of aromatic nitrogens is 2. The van der Waals surface area contributed by atoms with Crippen molar-refractivity contribution in [3.05, 3.63) is 103 Å². The van der Waals surface area contributed by atoms with Gasteiger partial charge in [-0.3, -0.25) is 9.36 Å². The predicted octanol–water partition coefficient (Wildman–Crippen LogP) is 3.42. The molecule has 8 heteroatoms. The SMILES string of the molecule is CCOC(=O)C1=C(C)N=c2sc(=Cc3cc4ccccc4[nH]3)c(=O)n2C1c1ccc(F)cc1. The van der Waals surface area contributed by atoms with Gasteiger partial charge < -0.3 is 9.72 Å². The highest BCUT2D eigenvalue weighted by atomic mass is 32.1. The van der Waals surface area contributed by atoms with Crippen LogP contribution in [-0.4, -0.2) is 22.1 Å². The molecule has 2 aromatic heterocycles. The van der Waals surface area contributed by atoms with Crippen molar-refractivity contribution in [3.8, 4) is 0 Å². The standard InChI is InChI=1S/C25H20FN3O3S/c1-3-32-24(31)21-14(2)27-25-29(22(21)15-8-10-17(26)11-9-15)23(30)20(33-25)13-18-12-16-6-4-5-7-19(16)28-18/h4-13,22,28H,3H2,1-2H3. The Bertz CT molecular complexity index is 1560. The molecule has 1 aliphatic rings. The average molecular weight is 462 g/mol. The van der Waals surface area contributed by atoms with E-state index in [4.69, 9.17) is 4.74 Å². The zero-order chi connectivity index (χ0) is 23.1. The molecular weight excluding hydrogens is 441 g/mol. The van der Waals surface area contributed by atoms with Gasteiger partial charge >= 0.3 is 5.97 Å². The van der Waals surface area contributed by atoms with E-state index < -0.39 is 17.8 Å². The third kappa shape index (κ3) is 3.72. The Balaban J connectivity index is 1.72. The largest absolute Gasteiger partial charge is 0.463 e. The second-order valence-corrected chi connectivity index (χ2v) is 8.67. The number of aromatic amines is 1. The molecule has 1 N–H and O–H groups in total. The number of nitrogens with one attached hydrogen (secondary N) is 1. The van der Waals surface area contributed by atoms with E-state index in [1.165, 1.54) is 28.0 Å². The van der Waals surface area contributed by atoms with Crippen LogP contribution in [0.2, 0.25) is 0 Å². The van der Waals surface area contributed by atoms with Crippen molar-refractivity contribution in [3.63, 3.8) is 0 Å². The first-order valence-corrected chi connectivity index (χ1v) is 11.3. The number of fused-ring (bicyclic) bond motifs is 2. The maximum atomic E-state index is 13.6. The molecule has 1 atom stereocenters. The minimum Gasteiger partial charge on any atom is -0.463 e. The Kier molecular flexibility index (Phi) is 5.30. The molecule has 0 spiro atoms. The van der Waals surface area contributed by atoms with Crippen LogP contribution in [0.4, 0.5) is 4.39 Å². The Hall–Kier alpha value is -3.78. The van der Waals surface area contributed by atoms with Gasteiger partial charge in [0.05, 0.1) is 28.5 Å². The van der Waals surface area contributed by atoms with Crippen molar-refractivity contribution < 1.29 is 13.9 Å². The minimum absolute atomic E-state index is 0.191. The van der Waals surface area contributed by atoms with E-state index in [-0.39, 0.29) is 17.7 Å². The number of halogens is 1. The number of para-hydroxylation sites is 1. The summed E-state index contributed by atoms with van der Waals surface area (Å²) in [5, 5.41) is 1.04. The summed E-state index contributed by atoms with van der Waals surface area (Å²) in [5.74, 6) is -0.943. The summed E-state index contributed by atoms with van der Waals surface area (Å²) in [6, 6.07) is 14.9. The molecule has 5 rings (SSSR count). The molecule has 0 radical (unpaired) electrons. The Morgan fingerprint density at radius 3 is 2.73 bits per heavy atom. The lowest BCUT2D eigenvalue weighted by molar-refractivity contribution is -0.139. The number of esters is 1. The Morgan fingerprint density at radius 1 is 1.24 bits per heavy atom. The fourth-order valence-electron chi connectivity index (χ4n) is 4.07. The second kappa shape index (κ2) is 8.29. The molecule has 1 aliphatic heterocycles. The highest BCUT2D eigenvalue weighted by molar-refractivity contribution is 7.07. The highest BCUT2D eigenvalue weighted by Gasteiger charge is 2.33. The van der Waals surface area contributed by atoms with Gasteiger partial charge in [-0.1, -0.05) is 41.7 Å². The number of hydrogen-bond acceptors (Lipinski definition) is 5. The smallest absolute Gasteiger partial charge is 0.338 e. The maximum Gasteiger partial charge on any atom is 0.338 e. The van der Waals surface area contributed by atoms with Crippen molar-refractivity contribution in [2.24, 2.45) is 4.99 Å². The Morgan fingerprint density at radius 2 is 2.00 bits per heavy atom. The molecule has 6 nitrogen and oxygen atoms in total. The molecule has 2 aromatic carbocycles. The van der Waals surface area contributed by atoms with Gasteiger partial charge in [-0.25, -0.2) is 14.2 Å². The van der Waals surface area contributed by atoms with Crippen molar-refractivity contribution in [2.75, 3.05) is 6.61 Å². The summed E-state index contributed by atoms with van der Waals surface area (Å²) in [6.45, 7) is 3.63. The van der Waals surface area contributed by atoms with Gasteiger partial charge in [0.1, 0.15) is 5.82 Å².